The first-order chi connectivity index (χ1) is 48.2. The number of aliphatic hydroxyl groups is 2. The van der Waals surface area contributed by atoms with Gasteiger partial charge in [0.25, 0.3) is 0 Å². The van der Waals surface area contributed by atoms with E-state index < -0.39 is 91.5 Å². The van der Waals surface area contributed by atoms with Crippen molar-refractivity contribution in [3.8, 4) is 0 Å². The normalized spacial score (nSPS) is 14.9. The van der Waals surface area contributed by atoms with Crippen LogP contribution in [0.5, 0.6) is 0 Å². The van der Waals surface area contributed by atoms with Crippen molar-refractivity contribution in [1.29, 1.82) is 0 Å². The Hall–Kier alpha value is -4.57. The minimum atomic E-state index is -4.94. The van der Waals surface area contributed by atoms with Crippen LogP contribution in [0.1, 0.15) is 290 Å². The molecule has 5 atom stereocenters. The van der Waals surface area contributed by atoms with Gasteiger partial charge in [0.2, 0.25) is 0 Å². The Morgan fingerprint density at radius 1 is 0.293 bits per heavy atom. The number of carbonyl (C=O) groups excluding carboxylic acids is 3. The van der Waals surface area contributed by atoms with Gasteiger partial charge in [-0.1, -0.05) is 276 Å². The smallest absolute Gasteiger partial charge is 0.463 e. The second kappa shape index (κ2) is 73.2. The molecule has 0 aromatic carbocycles. The lowest BCUT2D eigenvalue weighted by Gasteiger charge is -2.21. The number of aliphatic hydroxyl groups excluding tert-OH is 2. The van der Waals surface area contributed by atoms with E-state index in [-0.39, 0.29) is 19.3 Å². The highest BCUT2D eigenvalue weighted by Crippen LogP contribution is 2.45. The van der Waals surface area contributed by atoms with Crippen molar-refractivity contribution in [1.82, 2.24) is 0 Å². The molecule has 0 saturated heterocycles. The maximum absolute atomic E-state index is 13.0. The number of ether oxygens (including phenoxy) is 3. The summed E-state index contributed by atoms with van der Waals surface area (Å²) in [5.41, 5.74) is 0. The van der Waals surface area contributed by atoms with E-state index in [1.165, 1.54) is 70.6 Å². The molecular formula is C81H136O16P2. The number of phosphoric ester groups is 2. The molecule has 0 spiro atoms. The second-order valence-corrected chi connectivity index (χ2v) is 27.9. The fourth-order valence-electron chi connectivity index (χ4n) is 9.77. The van der Waals surface area contributed by atoms with E-state index in [9.17, 15) is 43.5 Å². The number of unbranched alkanes of at least 4 members (excludes halogenated alkanes) is 24. The third kappa shape index (κ3) is 74.4. The average Bonchev–Trinajstić information content (AvgIpc) is 3.78. The van der Waals surface area contributed by atoms with Crippen LogP contribution in [0.3, 0.4) is 0 Å². The molecule has 0 aliphatic rings. The summed E-state index contributed by atoms with van der Waals surface area (Å²) in [4.78, 5) is 58.6. The molecule has 18 heteroatoms. The van der Waals surface area contributed by atoms with Crippen LogP contribution in [0.2, 0.25) is 0 Å². The van der Waals surface area contributed by atoms with Gasteiger partial charge in [-0.25, -0.2) is 9.13 Å². The lowest BCUT2D eigenvalue weighted by Crippen LogP contribution is -2.30. The fraction of sp³-hybridized carbons (Fsp3) is 0.667. The Bertz CT molecular complexity index is 2380. The summed E-state index contributed by atoms with van der Waals surface area (Å²) in [7, 11) is -9.81. The summed E-state index contributed by atoms with van der Waals surface area (Å²) in [6.07, 6.45) is 88.9. The number of rotatable bonds is 71. The molecule has 0 amide bonds. The van der Waals surface area contributed by atoms with Gasteiger partial charge in [-0.15, -0.1) is 0 Å². The lowest BCUT2D eigenvalue weighted by molar-refractivity contribution is -0.161. The van der Waals surface area contributed by atoms with Crippen molar-refractivity contribution in [2.45, 2.75) is 309 Å². The minimum absolute atomic E-state index is 0.0686. The summed E-state index contributed by atoms with van der Waals surface area (Å²) in [5, 5.41) is 20.6. The molecule has 0 aromatic rings. The first-order valence-electron chi connectivity index (χ1n) is 38.1. The lowest BCUT2D eigenvalue weighted by atomic mass is 10.0. The van der Waals surface area contributed by atoms with E-state index in [1.54, 1.807) is 0 Å². The zero-order valence-electron chi connectivity index (χ0n) is 61.6. The molecule has 99 heavy (non-hydrogen) atoms. The summed E-state index contributed by atoms with van der Waals surface area (Å²) in [6, 6.07) is 0. The van der Waals surface area contributed by atoms with Crippen LogP contribution in [0.25, 0.3) is 0 Å². The van der Waals surface area contributed by atoms with E-state index in [0.717, 1.165) is 161 Å². The Labute approximate surface area is 600 Å². The first-order valence-corrected chi connectivity index (χ1v) is 41.1. The highest BCUT2D eigenvalue weighted by Gasteiger charge is 2.29. The number of allylic oxidation sites excluding steroid dienone is 24. The SMILES string of the molecule is CC/C=C\C/C=C\C/C=C\C/C=C\CCCCCCCCC(=O)OCC(COP(=O)(O)OCC(O)COP(=O)(O)OCC(O)COC(=O)CCCCCCCCCCCCC/C=C\C/C=C\C/C=C\C/C=C\CCCCC)OC(=O)CCCCCC/C=C\C/C=C\C/C=C\C/C=C\CC. The molecule has 0 saturated carbocycles. The molecule has 0 heterocycles. The van der Waals surface area contributed by atoms with Crippen LogP contribution < -0.4 is 0 Å². The first kappa shape index (κ1) is 94.4. The van der Waals surface area contributed by atoms with Crippen LogP contribution in [-0.4, -0.2) is 95.9 Å². The van der Waals surface area contributed by atoms with E-state index in [2.05, 4.69) is 167 Å². The van der Waals surface area contributed by atoms with Crippen molar-refractivity contribution >= 4 is 33.6 Å². The molecular weight excluding hydrogens is 1290 g/mol. The monoisotopic (exact) mass is 1430 g/mol. The molecule has 5 unspecified atom stereocenters. The summed E-state index contributed by atoms with van der Waals surface area (Å²) in [5.74, 6) is -1.63. The average molecular weight is 1430 g/mol. The van der Waals surface area contributed by atoms with Gasteiger partial charge < -0.3 is 34.2 Å². The van der Waals surface area contributed by atoms with Crippen molar-refractivity contribution in [2.75, 3.05) is 39.6 Å². The van der Waals surface area contributed by atoms with Gasteiger partial charge in [0.1, 0.15) is 25.4 Å². The second-order valence-electron chi connectivity index (χ2n) is 25.0. The van der Waals surface area contributed by atoms with Gasteiger partial charge in [0.15, 0.2) is 6.10 Å². The molecule has 0 aromatic heterocycles. The standard InChI is InChI=1S/C81H136O16P2/c1-4-7-10-13-16-19-22-25-28-31-33-34-35-36-37-38-39-40-42-45-46-49-52-55-58-61-64-67-79(84)91-70-76(82)71-93-98(87,88)94-72-77(83)73-95-99(89,90)96-75-78(97-81(86)69-66-63-60-57-54-51-48-43-30-27-24-21-18-15-12-9-6-3)74-92-80(85)68-65-62-59-56-53-50-47-44-41-32-29-26-23-20-17-14-11-8-5-2/h8-9,11-12,16-21,25-30,33-34,36-37,41,44,48,51,76-78,82-83H,4-7,10,13-15,22-24,31-32,35,38-40,42-43,45-47,49-50,52-75H2,1-3H3,(H,87,88)(H,89,90)/b11-8-,12-9-,19-16-,20-17-,21-18-,28-25-,29-26-,30-27-,34-33-,37-36-,44-41-,51-48-. The minimum Gasteiger partial charge on any atom is -0.463 e. The van der Waals surface area contributed by atoms with Crippen molar-refractivity contribution in [3.05, 3.63) is 146 Å². The van der Waals surface area contributed by atoms with Crippen LogP contribution >= 0.6 is 15.6 Å². The van der Waals surface area contributed by atoms with E-state index in [1.807, 2.05) is 0 Å². The maximum atomic E-state index is 13.0. The molecule has 0 radical (unpaired) electrons. The summed E-state index contributed by atoms with van der Waals surface area (Å²) >= 11 is 0. The third-order valence-electron chi connectivity index (χ3n) is 15.5. The van der Waals surface area contributed by atoms with Crippen molar-refractivity contribution < 1.29 is 75.8 Å². The molecule has 0 bridgehead atoms. The highest BCUT2D eigenvalue weighted by molar-refractivity contribution is 7.47. The topological polar surface area (TPSA) is 231 Å². The summed E-state index contributed by atoms with van der Waals surface area (Å²) < 4.78 is 61.1. The van der Waals surface area contributed by atoms with E-state index >= 15 is 0 Å². The van der Waals surface area contributed by atoms with Gasteiger partial charge in [-0.2, -0.15) is 0 Å². The van der Waals surface area contributed by atoms with Crippen LogP contribution in [0.15, 0.2) is 146 Å². The predicted molar refractivity (Wildman–Crippen MR) is 408 cm³/mol. The molecule has 0 fully saturated rings. The molecule has 4 N–H and O–H groups in total. The predicted octanol–water partition coefficient (Wildman–Crippen LogP) is 22.1. The Morgan fingerprint density at radius 2 is 0.535 bits per heavy atom. The number of esters is 3. The third-order valence-corrected chi connectivity index (χ3v) is 17.4. The zero-order chi connectivity index (χ0) is 72.3. The van der Waals surface area contributed by atoms with Gasteiger partial charge in [-0.05, 0) is 141 Å². The maximum Gasteiger partial charge on any atom is 0.472 e. The van der Waals surface area contributed by atoms with Crippen molar-refractivity contribution in [2.24, 2.45) is 0 Å². The highest BCUT2D eigenvalue weighted by atomic mass is 31.2. The zero-order valence-corrected chi connectivity index (χ0v) is 63.4. The molecule has 566 valence electrons. The molecule has 16 nitrogen and oxygen atoms in total. The van der Waals surface area contributed by atoms with Gasteiger partial charge in [0, 0.05) is 19.3 Å². The van der Waals surface area contributed by atoms with E-state index in [4.69, 9.17) is 32.3 Å². The number of phosphoric acid groups is 2. The molecule has 0 aliphatic heterocycles. The Balaban J connectivity index is 4.62. The molecule has 0 aliphatic carbocycles. The Morgan fingerprint density at radius 3 is 0.848 bits per heavy atom. The number of hydrogen-bond donors (Lipinski definition) is 4. The number of carbonyl (C=O) groups is 3. The van der Waals surface area contributed by atoms with Crippen LogP contribution in [-0.2, 0) is 55.8 Å². The quantitative estimate of drug-likeness (QED) is 0.0146. The largest absolute Gasteiger partial charge is 0.472 e. The van der Waals surface area contributed by atoms with Crippen LogP contribution in [0, 0.1) is 0 Å². The fourth-order valence-corrected chi connectivity index (χ4v) is 11.4. The molecule has 0 rings (SSSR count). The Kier molecular flexibility index (Phi) is 69.8. The van der Waals surface area contributed by atoms with Gasteiger partial charge >= 0.3 is 33.6 Å². The van der Waals surface area contributed by atoms with Gasteiger partial charge in [-0.3, -0.25) is 32.5 Å². The van der Waals surface area contributed by atoms with Gasteiger partial charge in [0.05, 0.1) is 26.4 Å². The van der Waals surface area contributed by atoms with Crippen LogP contribution in [0.4, 0.5) is 0 Å². The van der Waals surface area contributed by atoms with E-state index in [0.29, 0.717) is 19.3 Å². The number of hydrogen-bond acceptors (Lipinski definition) is 14. The van der Waals surface area contributed by atoms with Crippen molar-refractivity contribution in [3.63, 3.8) is 0 Å². The summed E-state index contributed by atoms with van der Waals surface area (Å²) in [6.45, 7) is 2.37.